The van der Waals surface area contributed by atoms with Crippen LogP contribution in [0.1, 0.15) is 37.1 Å². The van der Waals surface area contributed by atoms with Gasteiger partial charge in [0, 0.05) is 18.5 Å². The van der Waals surface area contributed by atoms with Crippen LogP contribution in [0.2, 0.25) is 0 Å². The van der Waals surface area contributed by atoms with Gasteiger partial charge in [-0.2, -0.15) is 0 Å². The minimum atomic E-state index is -3.71. The molecule has 2 aromatic rings. The van der Waals surface area contributed by atoms with E-state index in [0.29, 0.717) is 23.8 Å². The van der Waals surface area contributed by atoms with Gasteiger partial charge in [-0.3, -0.25) is 15.0 Å². The van der Waals surface area contributed by atoms with Crippen LogP contribution in [-0.4, -0.2) is 44.4 Å². The Hall–Kier alpha value is -2.99. The number of aromatic nitrogens is 1. The Kier molecular flexibility index (Phi) is 6.15. The van der Waals surface area contributed by atoms with Crippen molar-refractivity contribution >= 4 is 27.8 Å². The lowest BCUT2D eigenvalue weighted by molar-refractivity contribution is -0.117. The average Bonchev–Trinajstić information content (AvgIpc) is 3.33. The molecule has 3 amide bonds. The number of urea groups is 1. The van der Waals surface area contributed by atoms with Gasteiger partial charge in [0.2, 0.25) is 21.8 Å². The lowest BCUT2D eigenvalue weighted by Crippen LogP contribution is -2.30. The minimum absolute atomic E-state index is 0.0358. The van der Waals surface area contributed by atoms with Crippen LogP contribution in [0.25, 0.3) is 0 Å². The summed E-state index contributed by atoms with van der Waals surface area (Å²) in [5.41, 5.74) is 0.900. The molecule has 2 fully saturated rings. The average molecular weight is 466 g/mol. The largest absolute Gasteiger partial charge is 0.490 e. The number of halogens is 1. The van der Waals surface area contributed by atoms with Crippen LogP contribution in [0.4, 0.5) is 15.1 Å². The van der Waals surface area contributed by atoms with Crippen LogP contribution < -0.4 is 19.7 Å². The topological polar surface area (TPSA) is 131 Å². The lowest BCUT2D eigenvalue weighted by atomic mass is 10.1. The van der Waals surface area contributed by atoms with Crippen molar-refractivity contribution in [2.24, 2.45) is 5.92 Å². The van der Waals surface area contributed by atoms with Gasteiger partial charge in [0.1, 0.15) is 6.54 Å². The van der Waals surface area contributed by atoms with Crippen LogP contribution in [-0.2, 0) is 21.2 Å². The first-order valence-corrected chi connectivity index (χ1v) is 11.8. The molecule has 0 spiro atoms. The number of nitrogens with one attached hydrogen (secondary N) is 2. The third kappa shape index (κ3) is 5.43. The number of ether oxygens (including phenoxy) is 1. The Morgan fingerprint density at radius 3 is 2.81 bits per heavy atom. The van der Waals surface area contributed by atoms with Crippen molar-refractivity contribution in [2.45, 2.75) is 32.2 Å². The molecule has 0 radical (unpaired) electrons. The summed E-state index contributed by atoms with van der Waals surface area (Å²) in [5, 5.41) is 5.88. The maximum atomic E-state index is 14.0. The van der Waals surface area contributed by atoms with E-state index in [1.807, 2.05) is 0 Å². The SMILES string of the molecule is C[C@@H](NS(=O)(=O)CCc1cc(N2CC(=O)NC2=O)on1)c1ccc(F)c(OCC2CC2)c1. The monoisotopic (exact) mass is 466 g/mol. The minimum Gasteiger partial charge on any atom is -0.490 e. The molecule has 0 unspecified atom stereocenters. The van der Waals surface area contributed by atoms with Crippen LogP contribution in [0.3, 0.4) is 0 Å². The quantitative estimate of drug-likeness (QED) is 0.511. The number of benzene rings is 1. The summed E-state index contributed by atoms with van der Waals surface area (Å²) in [4.78, 5) is 24.0. The number of hydrogen-bond donors (Lipinski definition) is 2. The first-order valence-electron chi connectivity index (χ1n) is 10.2. The molecule has 1 aliphatic heterocycles. The van der Waals surface area contributed by atoms with Crippen LogP contribution in [0, 0.1) is 11.7 Å². The standard InChI is InChI=1S/C20H23FN4O6S/c1-12(14-4-5-16(21)17(8-14)30-11-13-2-3-13)24-32(28,29)7-6-15-9-19(31-23-15)25-10-18(26)22-20(25)27/h4-5,8-9,12-13,24H,2-3,6-7,10-11H2,1H3,(H,22,26,27)/t12-/m1/s1. The van der Waals surface area contributed by atoms with Gasteiger partial charge in [0.15, 0.2) is 11.6 Å². The smallest absolute Gasteiger partial charge is 0.331 e. The van der Waals surface area contributed by atoms with Crippen LogP contribution in [0.15, 0.2) is 28.8 Å². The highest BCUT2D eigenvalue weighted by atomic mass is 32.2. The summed E-state index contributed by atoms with van der Waals surface area (Å²) in [7, 11) is -3.71. The first kappa shape index (κ1) is 22.2. The van der Waals surface area contributed by atoms with Crippen molar-refractivity contribution in [3.8, 4) is 5.75 Å². The molecule has 0 bridgehead atoms. The van der Waals surface area contributed by atoms with E-state index in [2.05, 4.69) is 15.2 Å². The van der Waals surface area contributed by atoms with Gasteiger partial charge < -0.3 is 9.26 Å². The fourth-order valence-corrected chi connectivity index (χ4v) is 4.46. The number of amides is 3. The van der Waals surface area contributed by atoms with E-state index in [1.165, 1.54) is 24.3 Å². The van der Waals surface area contributed by atoms with Gasteiger partial charge in [-0.25, -0.2) is 22.3 Å². The van der Waals surface area contributed by atoms with Gasteiger partial charge in [-0.15, -0.1) is 0 Å². The van der Waals surface area contributed by atoms with E-state index in [4.69, 9.17) is 9.26 Å². The first-order chi connectivity index (χ1) is 15.2. The highest BCUT2D eigenvalue weighted by Crippen LogP contribution is 2.31. The van der Waals surface area contributed by atoms with Crippen molar-refractivity contribution < 1.29 is 31.7 Å². The van der Waals surface area contributed by atoms with Gasteiger partial charge in [0.05, 0.1) is 18.1 Å². The molecule has 1 aromatic carbocycles. The zero-order chi connectivity index (χ0) is 22.9. The maximum Gasteiger partial charge on any atom is 0.331 e. The van der Waals surface area contributed by atoms with Gasteiger partial charge >= 0.3 is 6.03 Å². The summed E-state index contributed by atoms with van der Waals surface area (Å²) >= 11 is 0. The normalized spacial score (nSPS) is 17.5. The van der Waals surface area contributed by atoms with Gasteiger partial charge in [-0.05, 0) is 43.4 Å². The second kappa shape index (κ2) is 8.87. The predicted octanol–water partition coefficient (Wildman–Crippen LogP) is 1.88. The number of carbonyl (C=O) groups is 2. The molecular formula is C20H23FN4O6S. The number of hydrogen-bond acceptors (Lipinski definition) is 7. The van der Waals surface area contributed by atoms with Crippen molar-refractivity contribution in [1.82, 2.24) is 15.2 Å². The molecule has 1 atom stereocenters. The highest BCUT2D eigenvalue weighted by Gasteiger charge is 2.31. The van der Waals surface area contributed by atoms with E-state index < -0.39 is 33.8 Å². The van der Waals surface area contributed by atoms with E-state index in [9.17, 15) is 22.4 Å². The third-order valence-corrected chi connectivity index (χ3v) is 6.67. The van der Waals surface area contributed by atoms with Crippen molar-refractivity contribution in [2.75, 3.05) is 23.8 Å². The molecule has 1 saturated heterocycles. The Morgan fingerprint density at radius 2 is 2.12 bits per heavy atom. The summed E-state index contributed by atoms with van der Waals surface area (Å²) in [6.45, 7) is 1.93. The van der Waals surface area contributed by atoms with E-state index >= 15 is 0 Å². The number of carbonyl (C=O) groups excluding carboxylic acids is 2. The summed E-state index contributed by atoms with van der Waals surface area (Å²) < 4.78 is 52.2. The number of nitrogens with zero attached hydrogens (tertiary/aromatic N) is 2. The second-order valence-electron chi connectivity index (χ2n) is 7.95. The second-order valence-corrected chi connectivity index (χ2v) is 9.82. The summed E-state index contributed by atoms with van der Waals surface area (Å²) in [5.74, 6) is -0.588. The Bertz CT molecular complexity index is 1130. The molecule has 172 valence electrons. The van der Waals surface area contributed by atoms with Gasteiger partial charge in [-0.1, -0.05) is 11.2 Å². The molecule has 32 heavy (non-hydrogen) atoms. The zero-order valence-electron chi connectivity index (χ0n) is 17.3. The number of aryl methyl sites for hydroxylation is 1. The zero-order valence-corrected chi connectivity index (χ0v) is 18.2. The molecule has 1 saturated carbocycles. The Balaban J connectivity index is 1.33. The van der Waals surface area contributed by atoms with Crippen LogP contribution in [0.5, 0.6) is 5.75 Å². The van der Waals surface area contributed by atoms with Crippen molar-refractivity contribution in [1.29, 1.82) is 0 Å². The maximum absolute atomic E-state index is 14.0. The molecule has 2 heterocycles. The number of sulfonamides is 1. The third-order valence-electron chi connectivity index (χ3n) is 5.22. The summed E-state index contributed by atoms with van der Waals surface area (Å²) in [6, 6.07) is 4.48. The highest BCUT2D eigenvalue weighted by molar-refractivity contribution is 7.89. The molecule has 10 nitrogen and oxygen atoms in total. The summed E-state index contributed by atoms with van der Waals surface area (Å²) in [6.07, 6.45) is 2.19. The number of anilines is 1. The van der Waals surface area contributed by atoms with Crippen LogP contribution >= 0.6 is 0 Å². The number of rotatable bonds is 10. The Morgan fingerprint density at radius 1 is 1.34 bits per heavy atom. The van der Waals surface area contributed by atoms with E-state index in [-0.39, 0.29) is 30.4 Å². The molecule has 1 aliphatic carbocycles. The Labute approximate surface area is 184 Å². The van der Waals surface area contributed by atoms with E-state index in [1.54, 1.807) is 6.92 Å². The fourth-order valence-electron chi connectivity index (χ4n) is 3.19. The van der Waals surface area contributed by atoms with Gasteiger partial charge in [0.25, 0.3) is 0 Å². The van der Waals surface area contributed by atoms with Crippen molar-refractivity contribution in [3.63, 3.8) is 0 Å². The van der Waals surface area contributed by atoms with Crippen molar-refractivity contribution in [3.05, 3.63) is 41.3 Å². The predicted molar refractivity (Wildman–Crippen MR) is 111 cm³/mol. The lowest BCUT2D eigenvalue weighted by Gasteiger charge is -2.16. The molecule has 12 heteroatoms. The fraction of sp³-hybridized carbons (Fsp3) is 0.450. The molecule has 2 aliphatic rings. The molecule has 1 aromatic heterocycles. The van der Waals surface area contributed by atoms with E-state index in [0.717, 1.165) is 17.7 Å². The number of imide groups is 1. The molecule has 2 N–H and O–H groups in total. The molecule has 4 rings (SSSR count). The molecular weight excluding hydrogens is 443 g/mol.